The number of imidazole rings is 1. The number of aliphatic hydroxyl groups is 1. The molecular formula is C17H14F3IN2O2. The molecule has 0 aliphatic heterocycles. The van der Waals surface area contributed by atoms with Gasteiger partial charge in [-0.3, -0.25) is 0 Å². The Balaban J connectivity index is 1.78. The Kier molecular flexibility index (Phi) is 5.19. The minimum Gasteiger partial charge on any atom is -0.491 e. The fourth-order valence-corrected chi connectivity index (χ4v) is 2.82. The lowest BCUT2D eigenvalue weighted by molar-refractivity contribution is -0.147. The number of rotatable bonds is 5. The Hall–Kier alpha value is -1.81. The highest BCUT2D eigenvalue weighted by molar-refractivity contribution is 14.1. The third-order valence-corrected chi connectivity index (χ3v) is 4.28. The zero-order chi connectivity index (χ0) is 18.0. The third-order valence-electron chi connectivity index (χ3n) is 3.56. The van der Waals surface area contributed by atoms with Crippen molar-refractivity contribution in [3.05, 3.63) is 57.9 Å². The molecule has 2 aromatic carbocycles. The molecule has 0 aliphatic rings. The van der Waals surface area contributed by atoms with Gasteiger partial charge >= 0.3 is 6.18 Å². The number of benzene rings is 2. The van der Waals surface area contributed by atoms with Gasteiger partial charge in [-0.1, -0.05) is 12.1 Å². The number of fused-ring (bicyclic) bond motifs is 1. The summed E-state index contributed by atoms with van der Waals surface area (Å²) in [5.74, 6) is -0.479. The van der Waals surface area contributed by atoms with E-state index < -0.39 is 18.1 Å². The van der Waals surface area contributed by atoms with Crippen molar-refractivity contribution in [3.63, 3.8) is 0 Å². The Morgan fingerprint density at radius 3 is 2.48 bits per heavy atom. The van der Waals surface area contributed by atoms with Crippen LogP contribution in [0, 0.1) is 3.57 Å². The molecule has 0 aliphatic carbocycles. The highest BCUT2D eigenvalue weighted by Gasteiger charge is 2.37. The molecule has 0 saturated carbocycles. The summed E-state index contributed by atoms with van der Waals surface area (Å²) in [6.07, 6.45) is -5.71. The average Bonchev–Trinajstić information content (AvgIpc) is 2.93. The molecule has 0 spiro atoms. The van der Waals surface area contributed by atoms with Gasteiger partial charge in [0, 0.05) is 3.57 Å². The first-order valence-corrected chi connectivity index (χ1v) is 8.51. The lowest BCUT2D eigenvalue weighted by atomic mass is 10.3. The van der Waals surface area contributed by atoms with Crippen molar-refractivity contribution in [2.75, 3.05) is 6.61 Å². The molecule has 1 atom stereocenters. The van der Waals surface area contributed by atoms with Crippen LogP contribution in [0.25, 0.3) is 11.0 Å². The Bertz CT molecular complexity index is 862. The van der Waals surface area contributed by atoms with Crippen LogP contribution < -0.4 is 4.74 Å². The fraction of sp³-hybridized carbons (Fsp3) is 0.235. The summed E-state index contributed by atoms with van der Waals surface area (Å²) < 4.78 is 47.1. The van der Waals surface area contributed by atoms with Crippen LogP contribution in [-0.2, 0) is 12.7 Å². The van der Waals surface area contributed by atoms with E-state index in [9.17, 15) is 18.3 Å². The molecule has 1 unspecified atom stereocenters. The molecule has 0 amide bonds. The minimum atomic E-state index is -4.60. The highest BCUT2D eigenvalue weighted by atomic mass is 127. The van der Waals surface area contributed by atoms with Crippen LogP contribution in [0.3, 0.4) is 0 Å². The average molecular weight is 462 g/mol. The maximum absolute atomic E-state index is 13.2. The number of hydrogen-bond donors (Lipinski definition) is 1. The van der Waals surface area contributed by atoms with Crippen LogP contribution >= 0.6 is 22.6 Å². The van der Waals surface area contributed by atoms with Gasteiger partial charge in [0.25, 0.3) is 0 Å². The fourth-order valence-electron chi connectivity index (χ4n) is 2.46. The van der Waals surface area contributed by atoms with Gasteiger partial charge in [-0.25, -0.2) is 4.98 Å². The van der Waals surface area contributed by atoms with Crippen molar-refractivity contribution in [3.8, 4) is 5.75 Å². The van der Waals surface area contributed by atoms with Crippen molar-refractivity contribution in [2.45, 2.75) is 18.8 Å². The Morgan fingerprint density at radius 1 is 1.12 bits per heavy atom. The molecule has 25 heavy (non-hydrogen) atoms. The normalized spacial score (nSPS) is 13.2. The molecule has 0 fully saturated rings. The number of nitrogens with zero attached hydrogens (tertiary/aromatic N) is 2. The highest BCUT2D eigenvalue weighted by Crippen LogP contribution is 2.31. The van der Waals surface area contributed by atoms with Gasteiger partial charge in [0.05, 0.1) is 17.6 Å². The van der Waals surface area contributed by atoms with E-state index in [1.54, 1.807) is 30.3 Å². The lowest BCUT2D eigenvalue weighted by Gasteiger charge is -2.16. The molecule has 0 saturated heterocycles. The number of alkyl halides is 3. The first-order valence-electron chi connectivity index (χ1n) is 7.43. The van der Waals surface area contributed by atoms with E-state index in [0.29, 0.717) is 11.3 Å². The standard InChI is InChI=1S/C17H14F3IN2O2/c18-17(19,20)16-22-14-3-1-2-4-15(14)23(16)9-12(24)10-25-13-7-5-11(21)6-8-13/h1-8,12,24H,9-10H2. The van der Waals surface area contributed by atoms with Crippen molar-refractivity contribution in [1.29, 1.82) is 0 Å². The van der Waals surface area contributed by atoms with Crippen molar-refractivity contribution in [1.82, 2.24) is 9.55 Å². The quantitative estimate of drug-likeness (QED) is 0.582. The van der Waals surface area contributed by atoms with Gasteiger partial charge < -0.3 is 14.4 Å². The second-order valence-corrected chi connectivity index (χ2v) is 6.70. The summed E-state index contributed by atoms with van der Waals surface area (Å²) in [5.41, 5.74) is 0.559. The molecular weight excluding hydrogens is 448 g/mol. The molecule has 1 heterocycles. The molecule has 3 aromatic rings. The summed E-state index contributed by atoms with van der Waals surface area (Å²) in [6.45, 7) is -0.385. The van der Waals surface area contributed by atoms with E-state index in [1.165, 1.54) is 6.07 Å². The monoisotopic (exact) mass is 462 g/mol. The Labute approximate surface area is 155 Å². The molecule has 1 N–H and O–H groups in total. The van der Waals surface area contributed by atoms with Crippen LogP contribution in [0.1, 0.15) is 5.82 Å². The number of aliphatic hydroxyl groups excluding tert-OH is 1. The van der Waals surface area contributed by atoms with Crippen molar-refractivity contribution < 1.29 is 23.0 Å². The summed E-state index contributed by atoms with van der Waals surface area (Å²) >= 11 is 2.15. The second-order valence-electron chi connectivity index (χ2n) is 5.45. The summed E-state index contributed by atoms with van der Waals surface area (Å²) in [7, 11) is 0. The molecule has 1 aromatic heterocycles. The van der Waals surface area contributed by atoms with Crippen LogP contribution in [0.5, 0.6) is 5.75 Å². The zero-order valence-corrected chi connectivity index (χ0v) is 15.0. The first-order chi connectivity index (χ1) is 11.8. The number of ether oxygens (including phenoxy) is 1. The summed E-state index contributed by atoms with van der Waals surface area (Å²) in [6, 6.07) is 13.5. The third kappa shape index (κ3) is 4.24. The predicted molar refractivity (Wildman–Crippen MR) is 95.4 cm³/mol. The van der Waals surface area contributed by atoms with E-state index in [0.717, 1.165) is 8.14 Å². The molecule has 8 heteroatoms. The SMILES string of the molecule is OC(COc1ccc(I)cc1)Cn1c(C(F)(F)F)nc2ccccc21. The zero-order valence-electron chi connectivity index (χ0n) is 12.9. The Morgan fingerprint density at radius 2 is 1.80 bits per heavy atom. The van der Waals surface area contributed by atoms with Gasteiger partial charge in [0.1, 0.15) is 18.5 Å². The number of hydrogen-bond acceptors (Lipinski definition) is 3. The van der Waals surface area contributed by atoms with Crippen LogP contribution in [0.15, 0.2) is 48.5 Å². The van der Waals surface area contributed by atoms with Crippen LogP contribution in [0.2, 0.25) is 0 Å². The number of aromatic nitrogens is 2. The maximum atomic E-state index is 13.2. The van der Waals surface area contributed by atoms with Crippen molar-refractivity contribution in [2.24, 2.45) is 0 Å². The number of halogens is 4. The van der Waals surface area contributed by atoms with Gasteiger partial charge in [-0.15, -0.1) is 0 Å². The smallest absolute Gasteiger partial charge is 0.449 e. The molecule has 0 bridgehead atoms. The van der Waals surface area contributed by atoms with Gasteiger partial charge in [-0.05, 0) is 59.0 Å². The van der Waals surface area contributed by atoms with Crippen LogP contribution in [-0.4, -0.2) is 27.4 Å². The maximum Gasteiger partial charge on any atom is 0.449 e. The van der Waals surface area contributed by atoms with E-state index >= 15 is 0 Å². The van der Waals surface area contributed by atoms with Crippen molar-refractivity contribution >= 4 is 33.6 Å². The minimum absolute atomic E-state index is 0.121. The summed E-state index contributed by atoms with van der Waals surface area (Å²) in [4.78, 5) is 3.65. The molecule has 0 radical (unpaired) electrons. The first kappa shape index (κ1) is 18.0. The second kappa shape index (κ2) is 7.20. The van der Waals surface area contributed by atoms with E-state index in [-0.39, 0.29) is 18.7 Å². The van der Waals surface area contributed by atoms with Crippen LogP contribution in [0.4, 0.5) is 13.2 Å². The largest absolute Gasteiger partial charge is 0.491 e. The lowest BCUT2D eigenvalue weighted by Crippen LogP contribution is -2.26. The summed E-state index contributed by atoms with van der Waals surface area (Å²) in [5, 5.41) is 10.1. The molecule has 4 nitrogen and oxygen atoms in total. The topological polar surface area (TPSA) is 47.3 Å². The van der Waals surface area contributed by atoms with E-state index in [4.69, 9.17) is 4.74 Å². The predicted octanol–water partition coefficient (Wildman–Crippen LogP) is 4.10. The van der Waals surface area contributed by atoms with Gasteiger partial charge in [-0.2, -0.15) is 13.2 Å². The number of para-hydroxylation sites is 2. The van der Waals surface area contributed by atoms with E-state index in [1.807, 2.05) is 12.1 Å². The van der Waals surface area contributed by atoms with E-state index in [2.05, 4.69) is 27.6 Å². The van der Waals surface area contributed by atoms with Gasteiger partial charge in [0.15, 0.2) is 0 Å². The van der Waals surface area contributed by atoms with Gasteiger partial charge in [0.2, 0.25) is 5.82 Å². The molecule has 3 rings (SSSR count). The molecule has 132 valence electrons.